The molecule has 0 aromatic heterocycles. The predicted molar refractivity (Wildman–Crippen MR) is 279 cm³/mol. The Morgan fingerprint density at radius 2 is 0.625 bits per heavy atom. The van der Waals surface area contributed by atoms with E-state index in [0.29, 0.717) is 0 Å². The third-order valence-corrected chi connectivity index (χ3v) is 14.0. The number of fused-ring (bicyclic) bond motifs is 2. The predicted octanol–water partition coefficient (Wildman–Crippen LogP) is 18.4. The highest BCUT2D eigenvalue weighted by Crippen LogP contribution is 2.53. The Morgan fingerprint density at radius 1 is 0.312 bits per heavy atom. The molecule has 9 aromatic carbocycles. The zero-order chi connectivity index (χ0) is 44.6. The summed E-state index contributed by atoms with van der Waals surface area (Å²) >= 11 is 3.61. The van der Waals surface area contributed by atoms with Crippen LogP contribution in [0.15, 0.2) is 214 Å². The fourth-order valence-electron chi connectivity index (χ4n) is 8.42. The Balaban J connectivity index is 1.42. The lowest BCUT2D eigenvalue weighted by Crippen LogP contribution is -2.16. The molecule has 9 rings (SSSR count). The van der Waals surface area contributed by atoms with Crippen LogP contribution < -0.4 is 9.80 Å². The van der Waals surface area contributed by atoms with Crippen molar-refractivity contribution in [1.29, 1.82) is 0 Å². The van der Waals surface area contributed by atoms with Gasteiger partial charge in [0.05, 0.1) is 11.4 Å². The molecule has 4 heteroatoms. The molecule has 9 aromatic rings. The lowest BCUT2D eigenvalue weighted by Gasteiger charge is -2.33. The second kappa shape index (κ2) is 17.8. The summed E-state index contributed by atoms with van der Waals surface area (Å²) in [4.78, 5) is 9.78. The van der Waals surface area contributed by atoms with Gasteiger partial charge >= 0.3 is 0 Å². The Labute approximate surface area is 389 Å². The van der Waals surface area contributed by atoms with E-state index in [-0.39, 0.29) is 10.8 Å². The van der Waals surface area contributed by atoms with Gasteiger partial charge in [0.25, 0.3) is 0 Å². The van der Waals surface area contributed by atoms with Crippen LogP contribution in [0.3, 0.4) is 0 Å². The quantitative estimate of drug-likeness (QED) is 0.0997. The zero-order valence-corrected chi connectivity index (χ0v) is 39.8. The van der Waals surface area contributed by atoms with E-state index in [9.17, 15) is 0 Å². The van der Waals surface area contributed by atoms with E-state index in [1.807, 2.05) is 23.5 Å². The summed E-state index contributed by atoms with van der Waals surface area (Å²) in [7, 11) is 0. The molecule has 0 saturated carbocycles. The Morgan fingerprint density at radius 3 is 0.938 bits per heavy atom. The molecule has 0 fully saturated rings. The minimum atomic E-state index is 0.0230. The molecule has 0 saturated heterocycles. The number of hydrogen-bond donors (Lipinski definition) is 0. The first-order valence-corrected chi connectivity index (χ1v) is 23.9. The van der Waals surface area contributed by atoms with Crippen LogP contribution in [0, 0.1) is 13.8 Å². The van der Waals surface area contributed by atoms with Crippen molar-refractivity contribution >= 4 is 79.2 Å². The third-order valence-electron chi connectivity index (χ3n) is 12.0. The van der Waals surface area contributed by atoms with E-state index >= 15 is 0 Å². The molecule has 0 aliphatic rings. The maximum absolute atomic E-state index is 2.50. The Hall–Kier alpha value is -6.20. The number of hydrogen-bond acceptors (Lipinski definition) is 4. The van der Waals surface area contributed by atoms with Crippen LogP contribution in [0.25, 0.3) is 21.5 Å². The van der Waals surface area contributed by atoms with Crippen molar-refractivity contribution < 1.29 is 0 Å². The standard InChI is InChI=1S/C60H56N2S2/c1-41-19-27-45(28-20-41)61(47-31-23-43(24-32-47)59(3,4)5)57-53-37-35-52(64-50-17-13-10-14-18-50)40-56(53)58(54-38-36-51(39-55(54)57)63-49-15-11-9-12-16-49)62(46-29-21-42(2)22-30-46)48-33-25-44(26-34-48)60(6,7)8/h9-40H,1-8H3. The molecule has 0 atom stereocenters. The number of aryl methyl sites for hydroxylation is 2. The van der Waals surface area contributed by atoms with Gasteiger partial charge in [0.15, 0.2) is 0 Å². The van der Waals surface area contributed by atoms with Gasteiger partial charge in [-0.3, -0.25) is 0 Å². The summed E-state index contributed by atoms with van der Waals surface area (Å²) < 4.78 is 0. The van der Waals surface area contributed by atoms with Crippen LogP contribution in [-0.4, -0.2) is 0 Å². The summed E-state index contributed by atoms with van der Waals surface area (Å²) in [6, 6.07) is 72.2. The molecule has 0 spiro atoms. The summed E-state index contributed by atoms with van der Waals surface area (Å²) in [5.41, 5.74) is 11.9. The number of rotatable bonds is 10. The molecule has 0 aliphatic heterocycles. The Bertz CT molecular complexity index is 2820. The molecule has 318 valence electrons. The summed E-state index contributed by atoms with van der Waals surface area (Å²) in [5.74, 6) is 0. The fourth-order valence-corrected chi connectivity index (χ4v) is 10.2. The second-order valence-electron chi connectivity index (χ2n) is 18.9. The number of benzene rings is 9. The van der Waals surface area contributed by atoms with Crippen LogP contribution in [-0.2, 0) is 10.8 Å². The molecule has 64 heavy (non-hydrogen) atoms. The van der Waals surface area contributed by atoms with Crippen molar-refractivity contribution in [2.75, 3.05) is 9.80 Å². The van der Waals surface area contributed by atoms with E-state index in [0.717, 1.165) is 34.1 Å². The molecular formula is C60H56N2S2. The van der Waals surface area contributed by atoms with Crippen molar-refractivity contribution in [2.24, 2.45) is 0 Å². The first-order valence-electron chi connectivity index (χ1n) is 22.2. The Kier molecular flexibility index (Phi) is 11.9. The molecule has 0 N–H and O–H groups in total. The van der Waals surface area contributed by atoms with Crippen molar-refractivity contribution in [3.8, 4) is 0 Å². The van der Waals surface area contributed by atoms with Gasteiger partial charge in [-0.25, -0.2) is 0 Å². The van der Waals surface area contributed by atoms with Crippen LogP contribution in [0.4, 0.5) is 34.1 Å². The summed E-state index contributed by atoms with van der Waals surface area (Å²) in [6.07, 6.45) is 0. The van der Waals surface area contributed by atoms with E-state index in [4.69, 9.17) is 0 Å². The van der Waals surface area contributed by atoms with Gasteiger partial charge in [0, 0.05) is 63.9 Å². The van der Waals surface area contributed by atoms with Gasteiger partial charge in [-0.05, 0) is 133 Å². The first-order chi connectivity index (χ1) is 30.8. The summed E-state index contributed by atoms with van der Waals surface area (Å²) in [5, 5.41) is 4.70. The SMILES string of the molecule is Cc1ccc(N(c2ccc(C(C)(C)C)cc2)c2c3ccc(Sc4ccccc4)cc3c(N(c3ccc(C)cc3)c3ccc(C(C)(C)C)cc3)c3ccc(Sc4ccccc4)cc23)cc1. The maximum atomic E-state index is 2.50. The van der Waals surface area contributed by atoms with Crippen LogP contribution in [0.5, 0.6) is 0 Å². The normalized spacial score (nSPS) is 11.9. The first kappa shape index (κ1) is 43.1. The van der Waals surface area contributed by atoms with Gasteiger partial charge in [-0.2, -0.15) is 0 Å². The van der Waals surface area contributed by atoms with Crippen molar-refractivity contribution in [3.05, 3.63) is 216 Å². The molecule has 0 radical (unpaired) electrons. The highest BCUT2D eigenvalue weighted by atomic mass is 32.2. The van der Waals surface area contributed by atoms with Crippen LogP contribution >= 0.6 is 23.5 Å². The van der Waals surface area contributed by atoms with E-state index in [1.54, 1.807) is 0 Å². The monoisotopic (exact) mass is 868 g/mol. The number of anilines is 6. The van der Waals surface area contributed by atoms with Crippen molar-refractivity contribution in [1.82, 2.24) is 0 Å². The minimum Gasteiger partial charge on any atom is -0.309 e. The molecule has 2 nitrogen and oxygen atoms in total. The van der Waals surface area contributed by atoms with E-state index in [2.05, 4.69) is 259 Å². The van der Waals surface area contributed by atoms with Gasteiger partial charge in [-0.15, -0.1) is 0 Å². The highest BCUT2D eigenvalue weighted by molar-refractivity contribution is 7.99. The molecule has 0 amide bonds. The van der Waals surface area contributed by atoms with E-state index in [1.165, 1.54) is 63.4 Å². The molecule has 0 aliphatic carbocycles. The smallest absolute Gasteiger partial charge is 0.0620 e. The second-order valence-corrected chi connectivity index (χ2v) is 21.2. The van der Waals surface area contributed by atoms with Crippen LogP contribution in [0.1, 0.15) is 63.8 Å². The van der Waals surface area contributed by atoms with Crippen molar-refractivity contribution in [2.45, 2.75) is 85.8 Å². The lowest BCUT2D eigenvalue weighted by molar-refractivity contribution is 0.590. The average molecular weight is 869 g/mol. The van der Waals surface area contributed by atoms with Gasteiger partial charge in [0.1, 0.15) is 0 Å². The summed E-state index contributed by atoms with van der Waals surface area (Å²) in [6.45, 7) is 18.0. The van der Waals surface area contributed by atoms with Crippen LogP contribution in [0.2, 0.25) is 0 Å². The largest absolute Gasteiger partial charge is 0.309 e. The fraction of sp³-hybridized carbons (Fsp3) is 0.167. The van der Waals surface area contributed by atoms with Gasteiger partial charge in [0.2, 0.25) is 0 Å². The van der Waals surface area contributed by atoms with Gasteiger partial charge in [-0.1, -0.05) is 173 Å². The van der Waals surface area contributed by atoms with Crippen molar-refractivity contribution in [3.63, 3.8) is 0 Å². The topological polar surface area (TPSA) is 6.48 Å². The number of nitrogens with zero attached hydrogens (tertiary/aromatic N) is 2. The minimum absolute atomic E-state index is 0.0230. The molecule has 0 bridgehead atoms. The maximum Gasteiger partial charge on any atom is 0.0620 e. The lowest BCUT2D eigenvalue weighted by atomic mass is 9.87. The average Bonchev–Trinajstić information content (AvgIpc) is 3.29. The molecule has 0 heterocycles. The van der Waals surface area contributed by atoms with E-state index < -0.39 is 0 Å². The third kappa shape index (κ3) is 9.09. The van der Waals surface area contributed by atoms with Gasteiger partial charge < -0.3 is 9.80 Å². The molecular weight excluding hydrogens is 813 g/mol. The highest BCUT2D eigenvalue weighted by Gasteiger charge is 2.27. The zero-order valence-electron chi connectivity index (χ0n) is 38.2. The molecule has 0 unspecified atom stereocenters.